The number of likely N-dealkylation sites (tertiary alicyclic amines) is 1. The maximum Gasteiger partial charge on any atom is 0.254 e. The molecule has 1 fully saturated rings. The summed E-state index contributed by atoms with van der Waals surface area (Å²) in [6, 6.07) is 18.3. The molecule has 2 aromatic carbocycles. The Balaban J connectivity index is 0.00000171. The van der Waals surface area contributed by atoms with Crippen molar-refractivity contribution < 1.29 is 4.79 Å². The van der Waals surface area contributed by atoms with Gasteiger partial charge < -0.3 is 10.2 Å². The minimum atomic E-state index is 0. The van der Waals surface area contributed by atoms with Gasteiger partial charge in [-0.1, -0.05) is 55.0 Å². The lowest BCUT2D eigenvalue weighted by Crippen LogP contribution is -2.40. The summed E-state index contributed by atoms with van der Waals surface area (Å²) in [5, 5.41) is 4.37. The van der Waals surface area contributed by atoms with Gasteiger partial charge in [0, 0.05) is 24.0 Å². The van der Waals surface area contributed by atoms with E-state index in [1.54, 1.807) is 0 Å². The molecule has 0 unspecified atom stereocenters. The zero-order valence-corrected chi connectivity index (χ0v) is 19.8. The van der Waals surface area contributed by atoms with Crippen molar-refractivity contribution in [3.8, 4) is 11.3 Å². The van der Waals surface area contributed by atoms with E-state index in [1.807, 2.05) is 35.2 Å². The molecule has 4 rings (SSSR count). The standard InChI is InChI=1S/C25H29N3O.2ClH/c1-3-26-17-19-12-14-28(15-13-19)25(29)22-16-24(20-10-8-18(2)9-11-20)27-23-7-5-4-6-21(22)23;;/h4-11,16,19,26H,3,12-15,17H2,1-2H3;2*1H. The van der Waals surface area contributed by atoms with E-state index >= 15 is 0 Å². The lowest BCUT2D eigenvalue weighted by molar-refractivity contribution is 0.0692. The molecule has 6 heteroatoms. The number of nitrogens with one attached hydrogen (secondary N) is 1. The van der Waals surface area contributed by atoms with Gasteiger partial charge in [-0.3, -0.25) is 4.79 Å². The number of aromatic nitrogens is 1. The summed E-state index contributed by atoms with van der Waals surface area (Å²) in [4.78, 5) is 20.3. The zero-order valence-electron chi connectivity index (χ0n) is 18.1. The normalized spacial score (nSPS) is 14.1. The van der Waals surface area contributed by atoms with E-state index in [9.17, 15) is 4.79 Å². The second kappa shape index (κ2) is 11.5. The molecule has 0 radical (unpaired) electrons. The quantitative estimate of drug-likeness (QED) is 0.546. The Hall–Kier alpha value is -2.14. The summed E-state index contributed by atoms with van der Waals surface area (Å²) in [5.74, 6) is 0.787. The second-order valence-corrected chi connectivity index (χ2v) is 7.98. The molecule has 31 heavy (non-hydrogen) atoms. The molecule has 0 aliphatic carbocycles. The molecule has 1 amide bonds. The smallest absolute Gasteiger partial charge is 0.254 e. The molecule has 0 atom stereocenters. The maximum atomic E-state index is 13.5. The number of carbonyl (C=O) groups excluding carboxylic acids is 1. The van der Waals surface area contributed by atoms with Crippen LogP contribution < -0.4 is 5.32 Å². The van der Waals surface area contributed by atoms with E-state index in [4.69, 9.17) is 4.98 Å². The number of fused-ring (bicyclic) bond motifs is 1. The summed E-state index contributed by atoms with van der Waals surface area (Å²) < 4.78 is 0. The molecule has 1 aliphatic rings. The fraction of sp³-hybridized carbons (Fsp3) is 0.360. The predicted molar refractivity (Wildman–Crippen MR) is 134 cm³/mol. The van der Waals surface area contributed by atoms with Crippen LogP contribution in [0.1, 0.15) is 35.7 Å². The van der Waals surface area contributed by atoms with Crippen LogP contribution in [0.3, 0.4) is 0 Å². The number of benzene rings is 2. The fourth-order valence-electron chi connectivity index (χ4n) is 4.08. The summed E-state index contributed by atoms with van der Waals surface area (Å²) in [6.45, 7) is 7.92. The first-order valence-electron chi connectivity index (χ1n) is 10.6. The van der Waals surface area contributed by atoms with Crippen LogP contribution in [0.5, 0.6) is 0 Å². The van der Waals surface area contributed by atoms with Gasteiger partial charge in [-0.05, 0) is 50.9 Å². The highest BCUT2D eigenvalue weighted by molar-refractivity contribution is 6.07. The molecular weight excluding hydrogens is 429 g/mol. The lowest BCUT2D eigenvalue weighted by Gasteiger charge is -2.32. The van der Waals surface area contributed by atoms with Crippen LogP contribution in [0.15, 0.2) is 54.6 Å². The first-order valence-corrected chi connectivity index (χ1v) is 10.6. The number of hydrogen-bond donors (Lipinski definition) is 1. The fourth-order valence-corrected chi connectivity index (χ4v) is 4.08. The number of nitrogens with zero attached hydrogens (tertiary/aromatic N) is 2. The lowest BCUT2D eigenvalue weighted by atomic mass is 9.95. The van der Waals surface area contributed by atoms with Crippen molar-refractivity contribution in [2.75, 3.05) is 26.2 Å². The Labute approximate surface area is 197 Å². The van der Waals surface area contributed by atoms with E-state index in [1.165, 1.54) is 5.56 Å². The SMILES string of the molecule is CCNCC1CCN(C(=O)c2cc(-c3ccc(C)cc3)nc3ccccc23)CC1.Cl.Cl. The zero-order chi connectivity index (χ0) is 20.2. The van der Waals surface area contributed by atoms with Crippen molar-refractivity contribution in [1.82, 2.24) is 15.2 Å². The van der Waals surface area contributed by atoms with Crippen molar-refractivity contribution in [3.63, 3.8) is 0 Å². The third kappa shape index (κ3) is 5.76. The van der Waals surface area contributed by atoms with Crippen LogP contribution >= 0.6 is 24.8 Å². The average Bonchev–Trinajstić information content (AvgIpc) is 2.77. The summed E-state index contributed by atoms with van der Waals surface area (Å²) >= 11 is 0. The van der Waals surface area contributed by atoms with Crippen molar-refractivity contribution >= 4 is 41.6 Å². The van der Waals surface area contributed by atoms with Crippen molar-refractivity contribution in [1.29, 1.82) is 0 Å². The molecule has 0 bridgehead atoms. The Bertz CT molecular complexity index is 999. The maximum absolute atomic E-state index is 13.5. The monoisotopic (exact) mass is 459 g/mol. The molecule has 0 saturated carbocycles. The van der Waals surface area contributed by atoms with E-state index in [-0.39, 0.29) is 30.7 Å². The molecular formula is C25H31Cl2N3O. The van der Waals surface area contributed by atoms with E-state index < -0.39 is 0 Å². The van der Waals surface area contributed by atoms with Crippen molar-refractivity contribution in [2.45, 2.75) is 26.7 Å². The Morgan fingerprint density at radius 3 is 2.42 bits per heavy atom. The number of para-hydroxylation sites is 1. The highest BCUT2D eigenvalue weighted by Gasteiger charge is 2.25. The first-order chi connectivity index (χ1) is 14.2. The van der Waals surface area contributed by atoms with Crippen LogP contribution in [-0.4, -0.2) is 42.0 Å². The third-order valence-corrected chi connectivity index (χ3v) is 5.88. The molecule has 3 aromatic rings. The summed E-state index contributed by atoms with van der Waals surface area (Å²) in [7, 11) is 0. The third-order valence-electron chi connectivity index (χ3n) is 5.88. The summed E-state index contributed by atoms with van der Waals surface area (Å²) in [6.07, 6.45) is 2.12. The van der Waals surface area contributed by atoms with Crippen LogP contribution in [0, 0.1) is 12.8 Å². The van der Waals surface area contributed by atoms with Crippen molar-refractivity contribution in [3.05, 3.63) is 65.7 Å². The van der Waals surface area contributed by atoms with Gasteiger partial charge in [0.1, 0.15) is 0 Å². The van der Waals surface area contributed by atoms with Crippen molar-refractivity contribution in [2.24, 2.45) is 5.92 Å². The molecule has 1 N–H and O–H groups in total. The first kappa shape index (κ1) is 25.1. The minimum absolute atomic E-state index is 0. The molecule has 1 aromatic heterocycles. The van der Waals surface area contributed by atoms with E-state index in [2.05, 4.69) is 43.4 Å². The highest BCUT2D eigenvalue weighted by Crippen LogP contribution is 2.27. The van der Waals surface area contributed by atoms with E-state index in [0.29, 0.717) is 5.92 Å². The molecule has 4 nitrogen and oxygen atoms in total. The average molecular weight is 460 g/mol. The molecule has 2 heterocycles. The van der Waals surface area contributed by atoms with Gasteiger partial charge in [-0.2, -0.15) is 0 Å². The number of hydrogen-bond acceptors (Lipinski definition) is 3. The van der Waals surface area contributed by atoms with Gasteiger partial charge in [0.15, 0.2) is 0 Å². The molecule has 0 spiro atoms. The highest BCUT2D eigenvalue weighted by atomic mass is 35.5. The van der Waals surface area contributed by atoms with Crippen LogP contribution in [0.25, 0.3) is 22.2 Å². The number of carbonyl (C=O) groups is 1. The minimum Gasteiger partial charge on any atom is -0.339 e. The molecule has 1 aliphatic heterocycles. The van der Waals surface area contributed by atoms with Gasteiger partial charge in [0.25, 0.3) is 5.91 Å². The van der Waals surface area contributed by atoms with Gasteiger partial charge in [0.05, 0.1) is 16.8 Å². The van der Waals surface area contributed by atoms with Crippen LogP contribution in [-0.2, 0) is 0 Å². The predicted octanol–water partition coefficient (Wildman–Crippen LogP) is 5.52. The Morgan fingerprint density at radius 1 is 1.06 bits per heavy atom. The largest absolute Gasteiger partial charge is 0.339 e. The number of amides is 1. The Kier molecular flexibility index (Phi) is 9.30. The number of pyridine rings is 1. The molecule has 1 saturated heterocycles. The summed E-state index contributed by atoms with van der Waals surface area (Å²) in [5.41, 5.74) is 4.74. The van der Waals surface area contributed by atoms with Crippen LogP contribution in [0.4, 0.5) is 0 Å². The van der Waals surface area contributed by atoms with Gasteiger partial charge in [-0.25, -0.2) is 4.98 Å². The number of piperidine rings is 1. The molecule has 166 valence electrons. The topological polar surface area (TPSA) is 45.2 Å². The number of rotatable bonds is 5. The van der Waals surface area contributed by atoms with Gasteiger partial charge in [0.2, 0.25) is 0 Å². The van der Waals surface area contributed by atoms with Crippen LogP contribution in [0.2, 0.25) is 0 Å². The Morgan fingerprint density at radius 2 is 1.74 bits per heavy atom. The van der Waals surface area contributed by atoms with E-state index in [0.717, 1.165) is 66.7 Å². The van der Waals surface area contributed by atoms with Gasteiger partial charge in [-0.15, -0.1) is 24.8 Å². The number of halogens is 2. The second-order valence-electron chi connectivity index (χ2n) is 7.98. The number of aryl methyl sites for hydroxylation is 1. The van der Waals surface area contributed by atoms with Gasteiger partial charge >= 0.3 is 0 Å².